The van der Waals surface area contributed by atoms with Crippen LogP contribution in [0.2, 0.25) is 0 Å². The summed E-state index contributed by atoms with van der Waals surface area (Å²) in [4.78, 5) is 4.15. The molecule has 1 unspecified atom stereocenters. The summed E-state index contributed by atoms with van der Waals surface area (Å²) in [5.41, 5.74) is 1.25. The zero-order valence-electron chi connectivity index (χ0n) is 10.3. The molecule has 0 fully saturated rings. The number of aryl methyl sites for hydroxylation is 1. The molecule has 3 nitrogen and oxygen atoms in total. The SMILES string of the molecule is CCCC(Cl)c1noc(-c2cc(C)ccc2F)n1. The third-order valence-corrected chi connectivity index (χ3v) is 3.03. The van der Waals surface area contributed by atoms with Gasteiger partial charge in [0.15, 0.2) is 5.82 Å². The Kier molecular flexibility index (Phi) is 3.97. The molecular formula is C13H14ClFN2O. The van der Waals surface area contributed by atoms with Gasteiger partial charge < -0.3 is 4.52 Å². The Balaban J connectivity index is 2.32. The second-order valence-electron chi connectivity index (χ2n) is 4.20. The van der Waals surface area contributed by atoms with E-state index in [0.717, 1.165) is 18.4 Å². The van der Waals surface area contributed by atoms with Gasteiger partial charge in [-0.2, -0.15) is 4.98 Å². The first-order valence-corrected chi connectivity index (χ1v) is 6.29. The lowest BCUT2D eigenvalue weighted by atomic mass is 10.1. The highest BCUT2D eigenvalue weighted by atomic mass is 35.5. The number of alkyl halides is 1. The van der Waals surface area contributed by atoms with E-state index in [4.69, 9.17) is 16.1 Å². The van der Waals surface area contributed by atoms with Gasteiger partial charge in [0.1, 0.15) is 5.82 Å². The summed E-state index contributed by atoms with van der Waals surface area (Å²) in [6, 6.07) is 4.76. The molecule has 0 aliphatic carbocycles. The van der Waals surface area contributed by atoms with E-state index in [1.165, 1.54) is 6.07 Å². The second kappa shape index (κ2) is 5.48. The lowest BCUT2D eigenvalue weighted by Gasteiger charge is -2.00. The van der Waals surface area contributed by atoms with Gasteiger partial charge in [-0.25, -0.2) is 4.39 Å². The average Bonchev–Trinajstić information content (AvgIpc) is 2.82. The maximum Gasteiger partial charge on any atom is 0.260 e. The largest absolute Gasteiger partial charge is 0.334 e. The van der Waals surface area contributed by atoms with Crippen LogP contribution in [0.4, 0.5) is 4.39 Å². The van der Waals surface area contributed by atoms with Gasteiger partial charge in [-0.3, -0.25) is 0 Å². The molecule has 0 amide bonds. The Hall–Kier alpha value is -1.42. The average molecular weight is 269 g/mol. The molecule has 0 aliphatic heterocycles. The van der Waals surface area contributed by atoms with E-state index in [-0.39, 0.29) is 17.1 Å². The molecule has 0 saturated heterocycles. The van der Waals surface area contributed by atoms with Crippen molar-refractivity contribution in [3.63, 3.8) is 0 Å². The molecule has 0 bridgehead atoms. The van der Waals surface area contributed by atoms with Gasteiger partial charge >= 0.3 is 0 Å². The van der Waals surface area contributed by atoms with E-state index in [2.05, 4.69) is 10.1 Å². The molecule has 1 heterocycles. The van der Waals surface area contributed by atoms with Crippen molar-refractivity contribution in [1.82, 2.24) is 10.1 Å². The van der Waals surface area contributed by atoms with E-state index in [9.17, 15) is 4.39 Å². The van der Waals surface area contributed by atoms with E-state index >= 15 is 0 Å². The third kappa shape index (κ3) is 2.70. The van der Waals surface area contributed by atoms with Crippen molar-refractivity contribution >= 4 is 11.6 Å². The maximum absolute atomic E-state index is 13.7. The highest BCUT2D eigenvalue weighted by Crippen LogP contribution is 2.27. The summed E-state index contributed by atoms with van der Waals surface area (Å²) in [5.74, 6) is 0.208. The van der Waals surface area contributed by atoms with Crippen LogP contribution >= 0.6 is 11.6 Å². The molecule has 0 radical (unpaired) electrons. The van der Waals surface area contributed by atoms with Crippen LogP contribution < -0.4 is 0 Å². The lowest BCUT2D eigenvalue weighted by Crippen LogP contribution is -1.93. The minimum atomic E-state index is -0.377. The summed E-state index contributed by atoms with van der Waals surface area (Å²) in [6.45, 7) is 3.90. The van der Waals surface area contributed by atoms with Crippen LogP contribution in [0.1, 0.15) is 36.5 Å². The van der Waals surface area contributed by atoms with Crippen molar-refractivity contribution in [2.24, 2.45) is 0 Å². The van der Waals surface area contributed by atoms with Crippen LogP contribution in [0.25, 0.3) is 11.5 Å². The Morgan fingerprint density at radius 3 is 2.94 bits per heavy atom. The van der Waals surface area contributed by atoms with E-state index in [0.29, 0.717) is 11.4 Å². The molecule has 96 valence electrons. The highest BCUT2D eigenvalue weighted by Gasteiger charge is 2.18. The quantitative estimate of drug-likeness (QED) is 0.778. The first kappa shape index (κ1) is 13.0. The summed E-state index contributed by atoms with van der Waals surface area (Å²) in [5, 5.41) is 3.51. The van der Waals surface area contributed by atoms with Crippen LogP contribution in [-0.2, 0) is 0 Å². The Bertz CT molecular complexity index is 542. The summed E-state index contributed by atoms with van der Waals surface area (Å²) in [6.07, 6.45) is 1.69. The fraction of sp³-hybridized carbons (Fsp3) is 0.385. The lowest BCUT2D eigenvalue weighted by molar-refractivity contribution is 0.418. The zero-order valence-corrected chi connectivity index (χ0v) is 11.0. The predicted octanol–water partition coefficient (Wildman–Crippen LogP) is 4.26. The fourth-order valence-corrected chi connectivity index (χ4v) is 1.96. The second-order valence-corrected chi connectivity index (χ2v) is 4.72. The van der Waals surface area contributed by atoms with Crippen molar-refractivity contribution in [3.05, 3.63) is 35.4 Å². The van der Waals surface area contributed by atoms with Gasteiger partial charge in [0.25, 0.3) is 5.89 Å². The van der Waals surface area contributed by atoms with Gasteiger partial charge in [-0.15, -0.1) is 11.6 Å². The Morgan fingerprint density at radius 2 is 2.22 bits per heavy atom. The van der Waals surface area contributed by atoms with Crippen molar-refractivity contribution in [3.8, 4) is 11.5 Å². The standard InChI is InChI=1S/C13H14ClFN2O/c1-3-4-10(14)12-16-13(18-17-12)9-7-8(2)5-6-11(9)15/h5-7,10H,3-4H2,1-2H3. The minimum Gasteiger partial charge on any atom is -0.334 e. The smallest absolute Gasteiger partial charge is 0.260 e. The molecule has 18 heavy (non-hydrogen) atoms. The molecule has 5 heteroatoms. The summed E-state index contributed by atoms with van der Waals surface area (Å²) in [7, 11) is 0. The number of halogens is 2. The van der Waals surface area contributed by atoms with Gasteiger partial charge in [0, 0.05) is 0 Å². The molecule has 1 aromatic carbocycles. The predicted molar refractivity (Wildman–Crippen MR) is 67.9 cm³/mol. The highest BCUT2D eigenvalue weighted by molar-refractivity contribution is 6.20. The number of rotatable bonds is 4. The molecule has 0 saturated carbocycles. The molecule has 2 aromatic rings. The van der Waals surface area contributed by atoms with Gasteiger partial charge in [-0.05, 0) is 25.5 Å². The third-order valence-electron chi connectivity index (χ3n) is 2.62. The van der Waals surface area contributed by atoms with Gasteiger partial charge in [0.2, 0.25) is 0 Å². The molecule has 0 spiro atoms. The first-order chi connectivity index (χ1) is 8.61. The number of aromatic nitrogens is 2. The van der Waals surface area contributed by atoms with Crippen molar-refractivity contribution in [2.75, 3.05) is 0 Å². The Labute approximate surface area is 110 Å². The van der Waals surface area contributed by atoms with Crippen LogP contribution in [-0.4, -0.2) is 10.1 Å². The fourth-order valence-electron chi connectivity index (χ4n) is 1.66. The number of hydrogen-bond acceptors (Lipinski definition) is 3. The number of hydrogen-bond donors (Lipinski definition) is 0. The van der Waals surface area contributed by atoms with Crippen LogP contribution in [0.15, 0.2) is 22.7 Å². The number of nitrogens with zero attached hydrogens (tertiary/aromatic N) is 2. The van der Waals surface area contributed by atoms with E-state index in [1.807, 2.05) is 13.8 Å². The van der Waals surface area contributed by atoms with Gasteiger partial charge in [-0.1, -0.05) is 30.1 Å². The van der Waals surface area contributed by atoms with Crippen molar-refractivity contribution < 1.29 is 8.91 Å². The first-order valence-electron chi connectivity index (χ1n) is 5.86. The van der Waals surface area contributed by atoms with Crippen LogP contribution in [0.5, 0.6) is 0 Å². The molecule has 0 N–H and O–H groups in total. The molecule has 0 aliphatic rings. The minimum absolute atomic E-state index is 0.174. The molecular weight excluding hydrogens is 255 g/mol. The normalized spacial score (nSPS) is 12.7. The Morgan fingerprint density at radius 1 is 1.44 bits per heavy atom. The van der Waals surface area contributed by atoms with E-state index in [1.54, 1.807) is 12.1 Å². The summed E-state index contributed by atoms with van der Waals surface area (Å²) >= 11 is 6.10. The zero-order chi connectivity index (χ0) is 13.1. The maximum atomic E-state index is 13.7. The van der Waals surface area contributed by atoms with Gasteiger partial charge in [0.05, 0.1) is 10.9 Å². The molecule has 1 aromatic heterocycles. The molecule has 1 atom stereocenters. The molecule has 2 rings (SSSR count). The van der Waals surface area contributed by atoms with Crippen molar-refractivity contribution in [2.45, 2.75) is 32.1 Å². The topological polar surface area (TPSA) is 38.9 Å². The van der Waals surface area contributed by atoms with E-state index < -0.39 is 0 Å². The summed E-state index contributed by atoms with van der Waals surface area (Å²) < 4.78 is 18.7. The van der Waals surface area contributed by atoms with Crippen LogP contribution in [0, 0.1) is 12.7 Å². The van der Waals surface area contributed by atoms with Crippen molar-refractivity contribution in [1.29, 1.82) is 0 Å². The van der Waals surface area contributed by atoms with Crippen LogP contribution in [0.3, 0.4) is 0 Å². The monoisotopic (exact) mass is 268 g/mol. The number of benzene rings is 1.